The predicted octanol–water partition coefficient (Wildman–Crippen LogP) is 1.27. The summed E-state index contributed by atoms with van der Waals surface area (Å²) >= 11 is 0. The number of carbonyl (C=O) groups is 2. The second kappa shape index (κ2) is 7.37. The molecule has 1 unspecified atom stereocenters. The van der Waals surface area contributed by atoms with Crippen LogP contribution in [0.15, 0.2) is 12.1 Å². The van der Waals surface area contributed by atoms with Gasteiger partial charge in [-0.3, -0.25) is 4.79 Å². The molecule has 21 heavy (non-hydrogen) atoms. The lowest BCUT2D eigenvalue weighted by Crippen LogP contribution is -2.36. The van der Waals surface area contributed by atoms with Crippen LogP contribution < -0.4 is 20.5 Å². The third kappa shape index (κ3) is 4.27. The van der Waals surface area contributed by atoms with Crippen LogP contribution in [0.2, 0.25) is 0 Å². The van der Waals surface area contributed by atoms with E-state index in [0.29, 0.717) is 6.54 Å². The molecule has 1 amide bonds. The molecule has 1 rings (SSSR count). The van der Waals surface area contributed by atoms with Gasteiger partial charge in [-0.15, -0.1) is 0 Å². The van der Waals surface area contributed by atoms with Crippen LogP contribution in [0.3, 0.4) is 0 Å². The van der Waals surface area contributed by atoms with E-state index in [1.165, 1.54) is 19.2 Å². The van der Waals surface area contributed by atoms with Crippen molar-refractivity contribution in [2.45, 2.75) is 26.4 Å². The van der Waals surface area contributed by atoms with Gasteiger partial charge < -0.3 is 25.6 Å². The van der Waals surface area contributed by atoms with E-state index in [2.05, 4.69) is 5.32 Å². The molecule has 1 atom stereocenters. The van der Waals surface area contributed by atoms with Crippen molar-refractivity contribution in [1.29, 1.82) is 0 Å². The molecule has 0 aliphatic rings. The average Bonchev–Trinajstić information content (AvgIpc) is 2.45. The molecule has 0 heterocycles. The molecule has 0 radical (unpaired) electrons. The molecule has 0 aromatic heterocycles. The summed E-state index contributed by atoms with van der Waals surface area (Å²) < 4.78 is 10.6. The summed E-state index contributed by atoms with van der Waals surface area (Å²) in [5.41, 5.74) is 5.59. The molecule has 7 heteroatoms. The molecule has 4 N–H and O–H groups in total. The molecule has 116 valence electrons. The van der Waals surface area contributed by atoms with Gasteiger partial charge >= 0.3 is 5.97 Å². The average molecular weight is 296 g/mol. The Morgan fingerprint density at radius 1 is 1.38 bits per heavy atom. The minimum absolute atomic E-state index is 0.0646. The van der Waals surface area contributed by atoms with E-state index in [1.807, 2.05) is 6.92 Å². The van der Waals surface area contributed by atoms with Crippen LogP contribution in [0.4, 0.5) is 5.69 Å². The number of nitrogens with two attached hydrogens (primary N) is 1. The first-order valence-corrected chi connectivity index (χ1v) is 6.55. The SMILES string of the molecule is CCCNC(=O)C(C)Oc1cc(C(=O)O)c(N)cc1OC. The summed E-state index contributed by atoms with van der Waals surface area (Å²) in [6.45, 7) is 4.06. The zero-order chi connectivity index (χ0) is 16.0. The molecule has 0 fully saturated rings. The topological polar surface area (TPSA) is 111 Å². The summed E-state index contributed by atoms with van der Waals surface area (Å²) in [5, 5.41) is 11.8. The summed E-state index contributed by atoms with van der Waals surface area (Å²) in [5.74, 6) is -1.04. The maximum Gasteiger partial charge on any atom is 0.337 e. The zero-order valence-corrected chi connectivity index (χ0v) is 12.3. The molecule has 0 spiro atoms. The van der Waals surface area contributed by atoms with Crippen LogP contribution in [0, 0.1) is 0 Å². The number of carbonyl (C=O) groups excluding carboxylic acids is 1. The highest BCUT2D eigenvalue weighted by atomic mass is 16.5. The number of benzene rings is 1. The van der Waals surface area contributed by atoms with E-state index in [0.717, 1.165) is 6.42 Å². The minimum Gasteiger partial charge on any atom is -0.493 e. The maximum absolute atomic E-state index is 11.8. The Bertz CT molecular complexity index is 530. The van der Waals surface area contributed by atoms with E-state index in [-0.39, 0.29) is 28.7 Å². The van der Waals surface area contributed by atoms with Crippen molar-refractivity contribution in [3.63, 3.8) is 0 Å². The first kappa shape index (κ1) is 16.6. The zero-order valence-electron chi connectivity index (χ0n) is 12.3. The van der Waals surface area contributed by atoms with Crippen LogP contribution in [0.25, 0.3) is 0 Å². The van der Waals surface area contributed by atoms with Gasteiger partial charge in [0.05, 0.1) is 18.4 Å². The third-order valence-corrected chi connectivity index (χ3v) is 2.79. The Balaban J connectivity index is 2.98. The van der Waals surface area contributed by atoms with Crippen molar-refractivity contribution in [3.8, 4) is 11.5 Å². The van der Waals surface area contributed by atoms with E-state index in [4.69, 9.17) is 20.3 Å². The van der Waals surface area contributed by atoms with Gasteiger partial charge in [0.25, 0.3) is 5.91 Å². The fraction of sp³-hybridized carbons (Fsp3) is 0.429. The number of anilines is 1. The second-order valence-electron chi connectivity index (χ2n) is 4.45. The first-order chi connectivity index (χ1) is 9.90. The first-order valence-electron chi connectivity index (χ1n) is 6.55. The number of nitrogen functional groups attached to an aromatic ring is 1. The van der Waals surface area contributed by atoms with Crippen molar-refractivity contribution in [2.24, 2.45) is 0 Å². The number of methoxy groups -OCH3 is 1. The van der Waals surface area contributed by atoms with Crippen molar-refractivity contribution < 1.29 is 24.2 Å². The molecule has 0 saturated carbocycles. The van der Waals surface area contributed by atoms with Crippen LogP contribution in [0.1, 0.15) is 30.6 Å². The number of carboxylic acids is 1. The molecule has 0 bridgehead atoms. The number of nitrogens with one attached hydrogen (secondary N) is 1. The third-order valence-electron chi connectivity index (χ3n) is 2.79. The van der Waals surface area contributed by atoms with E-state index in [1.54, 1.807) is 6.92 Å². The lowest BCUT2D eigenvalue weighted by molar-refractivity contribution is -0.127. The Labute approximate surface area is 123 Å². The van der Waals surface area contributed by atoms with Gasteiger partial charge in [-0.05, 0) is 13.3 Å². The normalized spacial score (nSPS) is 11.6. The van der Waals surface area contributed by atoms with Crippen LogP contribution in [-0.2, 0) is 4.79 Å². The van der Waals surface area contributed by atoms with Crippen molar-refractivity contribution in [2.75, 3.05) is 19.4 Å². The number of hydrogen-bond donors (Lipinski definition) is 3. The maximum atomic E-state index is 11.8. The lowest BCUT2D eigenvalue weighted by atomic mass is 10.1. The van der Waals surface area contributed by atoms with Gasteiger partial charge in [-0.25, -0.2) is 4.79 Å². The summed E-state index contributed by atoms with van der Waals surface area (Å²) in [6.07, 6.45) is 0.0306. The van der Waals surface area contributed by atoms with Crippen LogP contribution >= 0.6 is 0 Å². The highest BCUT2D eigenvalue weighted by molar-refractivity contribution is 5.94. The summed E-state index contributed by atoms with van der Waals surface area (Å²) in [7, 11) is 1.41. The Morgan fingerprint density at radius 3 is 2.57 bits per heavy atom. The van der Waals surface area contributed by atoms with E-state index < -0.39 is 12.1 Å². The van der Waals surface area contributed by atoms with Gasteiger partial charge in [0, 0.05) is 18.7 Å². The monoisotopic (exact) mass is 296 g/mol. The van der Waals surface area contributed by atoms with Crippen molar-refractivity contribution in [1.82, 2.24) is 5.32 Å². The van der Waals surface area contributed by atoms with Gasteiger partial charge in [-0.1, -0.05) is 6.92 Å². The largest absolute Gasteiger partial charge is 0.493 e. The van der Waals surface area contributed by atoms with E-state index >= 15 is 0 Å². The van der Waals surface area contributed by atoms with Gasteiger partial charge in [-0.2, -0.15) is 0 Å². The Morgan fingerprint density at radius 2 is 2.05 bits per heavy atom. The summed E-state index contributed by atoms with van der Waals surface area (Å²) in [6, 6.07) is 2.61. The second-order valence-corrected chi connectivity index (χ2v) is 4.45. The quantitative estimate of drug-likeness (QED) is 0.653. The van der Waals surface area contributed by atoms with Crippen molar-refractivity contribution in [3.05, 3.63) is 17.7 Å². The van der Waals surface area contributed by atoms with E-state index in [9.17, 15) is 9.59 Å². The fourth-order valence-electron chi connectivity index (χ4n) is 1.65. The molecular weight excluding hydrogens is 276 g/mol. The number of rotatable bonds is 7. The standard InChI is InChI=1S/C14H20N2O5/c1-4-5-16-13(17)8(2)21-12-6-9(14(18)19)10(15)7-11(12)20-3/h6-8H,4-5,15H2,1-3H3,(H,16,17)(H,18,19). The highest BCUT2D eigenvalue weighted by Gasteiger charge is 2.19. The fourth-order valence-corrected chi connectivity index (χ4v) is 1.65. The van der Waals surface area contributed by atoms with Gasteiger partial charge in [0.2, 0.25) is 0 Å². The molecule has 0 saturated heterocycles. The predicted molar refractivity (Wildman–Crippen MR) is 77.8 cm³/mol. The van der Waals surface area contributed by atoms with Crippen LogP contribution in [0.5, 0.6) is 11.5 Å². The highest BCUT2D eigenvalue weighted by Crippen LogP contribution is 2.33. The molecular formula is C14H20N2O5. The number of ether oxygens (including phenoxy) is 2. The molecule has 0 aliphatic heterocycles. The molecule has 0 aliphatic carbocycles. The Hall–Kier alpha value is -2.44. The number of aromatic carboxylic acids is 1. The number of amides is 1. The Kier molecular flexibility index (Phi) is 5.83. The van der Waals surface area contributed by atoms with Crippen molar-refractivity contribution >= 4 is 17.6 Å². The van der Waals surface area contributed by atoms with Gasteiger partial charge in [0.15, 0.2) is 17.6 Å². The van der Waals surface area contributed by atoms with Gasteiger partial charge in [0.1, 0.15) is 0 Å². The molecule has 1 aromatic carbocycles. The summed E-state index contributed by atoms with van der Waals surface area (Å²) in [4.78, 5) is 22.9. The number of hydrogen-bond acceptors (Lipinski definition) is 5. The van der Waals surface area contributed by atoms with Crippen LogP contribution in [-0.4, -0.2) is 36.7 Å². The number of carboxylic acid groups (broad SMARTS) is 1. The molecule has 1 aromatic rings. The lowest BCUT2D eigenvalue weighted by Gasteiger charge is -2.17. The molecule has 7 nitrogen and oxygen atoms in total. The minimum atomic E-state index is -1.18. The smallest absolute Gasteiger partial charge is 0.337 e.